The van der Waals surface area contributed by atoms with Crippen molar-refractivity contribution in [2.24, 2.45) is 5.92 Å². The van der Waals surface area contributed by atoms with E-state index in [2.05, 4.69) is 31.0 Å². The lowest BCUT2D eigenvalue weighted by Crippen LogP contribution is -2.51. The zero-order valence-electron chi connectivity index (χ0n) is 21.7. The van der Waals surface area contributed by atoms with Gasteiger partial charge in [0.15, 0.2) is 11.4 Å². The SMILES string of the molecule is CCCCOc1c2n(cc(C(=O)NCc3ccc(F)cc3F)c1=O)CC1N(C[C@H](C)N1CC(C)C)C2=O. The van der Waals surface area contributed by atoms with E-state index in [1.54, 1.807) is 9.47 Å². The van der Waals surface area contributed by atoms with Crippen molar-refractivity contribution in [1.29, 1.82) is 0 Å². The maximum Gasteiger partial charge on any atom is 0.275 e. The fraction of sp³-hybridized carbons (Fsp3) is 0.519. The first-order valence-electron chi connectivity index (χ1n) is 12.8. The van der Waals surface area contributed by atoms with E-state index in [9.17, 15) is 23.2 Å². The summed E-state index contributed by atoms with van der Waals surface area (Å²) in [5.41, 5.74) is -0.641. The Morgan fingerprint density at radius 1 is 1.22 bits per heavy atom. The van der Waals surface area contributed by atoms with E-state index in [1.807, 2.05) is 6.92 Å². The summed E-state index contributed by atoms with van der Waals surface area (Å²) in [6.07, 6.45) is 2.70. The van der Waals surface area contributed by atoms with E-state index in [0.717, 1.165) is 25.1 Å². The number of amides is 2. The number of hydrogen-bond acceptors (Lipinski definition) is 5. The fourth-order valence-corrected chi connectivity index (χ4v) is 4.99. The number of hydrogen-bond donors (Lipinski definition) is 1. The van der Waals surface area contributed by atoms with Gasteiger partial charge in [0.25, 0.3) is 11.8 Å². The smallest absolute Gasteiger partial charge is 0.275 e. The van der Waals surface area contributed by atoms with E-state index in [4.69, 9.17) is 4.74 Å². The molecule has 0 radical (unpaired) electrons. The Kier molecular flexibility index (Phi) is 7.96. The second-order valence-corrected chi connectivity index (χ2v) is 10.2. The average molecular weight is 517 g/mol. The highest BCUT2D eigenvalue weighted by atomic mass is 19.1. The number of carbonyl (C=O) groups excluding carboxylic acids is 2. The highest BCUT2D eigenvalue weighted by molar-refractivity contribution is 5.99. The largest absolute Gasteiger partial charge is 0.487 e. The summed E-state index contributed by atoms with van der Waals surface area (Å²) in [5, 5.41) is 2.54. The third-order valence-corrected chi connectivity index (χ3v) is 6.85. The molecule has 1 aromatic heterocycles. The average Bonchev–Trinajstić information content (AvgIpc) is 3.14. The second kappa shape index (κ2) is 11.0. The lowest BCUT2D eigenvalue weighted by Gasteiger charge is -2.37. The third-order valence-electron chi connectivity index (χ3n) is 6.85. The summed E-state index contributed by atoms with van der Waals surface area (Å²) in [5.74, 6) is -2.27. The van der Waals surface area contributed by atoms with E-state index in [1.165, 1.54) is 12.3 Å². The number of benzene rings is 1. The molecule has 200 valence electrons. The molecule has 1 saturated heterocycles. The molecule has 2 aliphatic heterocycles. The van der Waals surface area contributed by atoms with Crippen LogP contribution in [0.1, 0.15) is 66.9 Å². The molecule has 1 fully saturated rings. The van der Waals surface area contributed by atoms with Crippen molar-refractivity contribution < 1.29 is 23.1 Å². The van der Waals surface area contributed by atoms with Crippen LogP contribution in [0.3, 0.4) is 0 Å². The van der Waals surface area contributed by atoms with E-state index in [-0.39, 0.29) is 53.8 Å². The summed E-state index contributed by atoms with van der Waals surface area (Å²) in [7, 11) is 0. The molecule has 1 unspecified atom stereocenters. The molecule has 8 nitrogen and oxygen atoms in total. The van der Waals surface area contributed by atoms with Crippen molar-refractivity contribution in [2.45, 2.75) is 65.8 Å². The molecule has 3 heterocycles. The standard InChI is InChI=1S/C27H34F2N4O4/c1-5-6-9-37-25-23-27(36)33-13-17(4)32(12-16(2)3)22(33)15-31(23)14-20(24(25)34)26(35)30-11-18-7-8-19(28)10-21(18)29/h7-8,10,14,16-17,22H,5-6,9,11-13,15H2,1-4H3,(H,30,35)/t17-,22?/m0/s1. The van der Waals surface area contributed by atoms with Gasteiger partial charge in [0.05, 0.1) is 13.2 Å². The Labute approximate surface area is 215 Å². The molecule has 2 aromatic rings. The van der Waals surface area contributed by atoms with Gasteiger partial charge in [-0.05, 0) is 25.3 Å². The summed E-state index contributed by atoms with van der Waals surface area (Å²) in [6, 6.07) is 3.22. The molecular weight excluding hydrogens is 482 g/mol. The molecule has 10 heteroatoms. The van der Waals surface area contributed by atoms with Gasteiger partial charge in [-0.3, -0.25) is 19.3 Å². The van der Waals surface area contributed by atoms with Crippen molar-refractivity contribution in [3.05, 3.63) is 63.1 Å². The van der Waals surface area contributed by atoms with Crippen LogP contribution in [0.5, 0.6) is 5.75 Å². The first kappa shape index (κ1) is 26.8. The predicted molar refractivity (Wildman–Crippen MR) is 134 cm³/mol. The van der Waals surface area contributed by atoms with Crippen molar-refractivity contribution in [2.75, 3.05) is 19.7 Å². The van der Waals surface area contributed by atoms with Gasteiger partial charge >= 0.3 is 0 Å². The third kappa shape index (κ3) is 5.39. The topological polar surface area (TPSA) is 83.9 Å². The molecule has 37 heavy (non-hydrogen) atoms. The number of aromatic nitrogens is 1. The molecule has 0 saturated carbocycles. The van der Waals surface area contributed by atoms with Crippen LogP contribution in [-0.4, -0.2) is 58.1 Å². The van der Waals surface area contributed by atoms with Gasteiger partial charge in [-0.25, -0.2) is 8.78 Å². The van der Waals surface area contributed by atoms with Crippen LogP contribution in [0, 0.1) is 17.6 Å². The number of halogens is 2. The molecule has 0 spiro atoms. The summed E-state index contributed by atoms with van der Waals surface area (Å²) in [4.78, 5) is 44.2. The normalized spacial score (nSPS) is 19.2. The molecular formula is C27H34F2N4O4. The Balaban J connectivity index is 1.69. The van der Waals surface area contributed by atoms with Crippen molar-refractivity contribution in [3.63, 3.8) is 0 Å². The van der Waals surface area contributed by atoms with Gasteiger partial charge in [-0.2, -0.15) is 0 Å². The van der Waals surface area contributed by atoms with Crippen molar-refractivity contribution >= 4 is 11.8 Å². The van der Waals surface area contributed by atoms with Crippen molar-refractivity contribution in [3.8, 4) is 5.75 Å². The molecule has 1 aromatic carbocycles. The van der Waals surface area contributed by atoms with Gasteiger partial charge < -0.3 is 19.5 Å². The fourth-order valence-electron chi connectivity index (χ4n) is 4.99. The second-order valence-electron chi connectivity index (χ2n) is 10.2. The summed E-state index contributed by atoms with van der Waals surface area (Å²) in [6.45, 7) is 10.0. The van der Waals surface area contributed by atoms with Gasteiger partial charge in [-0.15, -0.1) is 0 Å². The zero-order chi connectivity index (χ0) is 26.9. The van der Waals surface area contributed by atoms with Gasteiger partial charge in [0.1, 0.15) is 23.4 Å². The Morgan fingerprint density at radius 2 is 1.97 bits per heavy atom. The number of nitrogens with zero attached hydrogens (tertiary/aromatic N) is 3. The number of rotatable bonds is 9. The molecule has 4 rings (SSSR count). The van der Waals surface area contributed by atoms with Crippen molar-refractivity contribution in [1.82, 2.24) is 19.7 Å². The number of carbonyl (C=O) groups is 2. The van der Waals surface area contributed by atoms with Crippen LogP contribution in [0.4, 0.5) is 8.78 Å². The minimum Gasteiger partial charge on any atom is -0.487 e. The number of pyridine rings is 1. The maximum atomic E-state index is 14.0. The minimum absolute atomic E-state index is 0.0855. The Hall–Kier alpha value is -3.27. The van der Waals surface area contributed by atoms with Gasteiger partial charge in [-0.1, -0.05) is 33.3 Å². The monoisotopic (exact) mass is 516 g/mol. The minimum atomic E-state index is -0.794. The molecule has 0 bridgehead atoms. The highest BCUT2D eigenvalue weighted by Gasteiger charge is 2.45. The quantitative estimate of drug-likeness (QED) is 0.517. The number of fused-ring (bicyclic) bond motifs is 2. The lowest BCUT2D eigenvalue weighted by atomic mass is 10.1. The van der Waals surface area contributed by atoms with Crippen LogP contribution < -0.4 is 15.5 Å². The van der Waals surface area contributed by atoms with Crippen LogP contribution in [0.15, 0.2) is 29.2 Å². The van der Waals surface area contributed by atoms with Gasteiger partial charge in [0.2, 0.25) is 5.43 Å². The molecule has 2 amide bonds. The van der Waals surface area contributed by atoms with E-state index < -0.39 is 23.0 Å². The Bertz CT molecular complexity index is 1250. The maximum absolute atomic E-state index is 14.0. The van der Waals surface area contributed by atoms with E-state index >= 15 is 0 Å². The Morgan fingerprint density at radius 3 is 2.65 bits per heavy atom. The number of ether oxygens (including phenoxy) is 1. The van der Waals surface area contributed by atoms with Crippen LogP contribution in [0.2, 0.25) is 0 Å². The lowest BCUT2D eigenvalue weighted by molar-refractivity contribution is 0.0463. The molecule has 0 aliphatic carbocycles. The highest BCUT2D eigenvalue weighted by Crippen LogP contribution is 2.32. The summed E-state index contributed by atoms with van der Waals surface area (Å²) < 4.78 is 34.7. The number of nitrogens with one attached hydrogen (secondary N) is 1. The van der Waals surface area contributed by atoms with E-state index in [0.29, 0.717) is 25.4 Å². The summed E-state index contributed by atoms with van der Waals surface area (Å²) >= 11 is 0. The van der Waals surface area contributed by atoms with Crippen LogP contribution in [-0.2, 0) is 13.1 Å². The molecule has 2 atom stereocenters. The predicted octanol–water partition coefficient (Wildman–Crippen LogP) is 3.38. The molecule has 1 N–H and O–H groups in total. The number of unbranched alkanes of at least 4 members (excludes halogenated alkanes) is 1. The molecule has 2 aliphatic rings. The van der Waals surface area contributed by atoms with Crippen LogP contribution >= 0.6 is 0 Å². The van der Waals surface area contributed by atoms with Crippen LogP contribution in [0.25, 0.3) is 0 Å². The zero-order valence-corrected chi connectivity index (χ0v) is 21.7. The first-order valence-corrected chi connectivity index (χ1v) is 12.8. The van der Waals surface area contributed by atoms with Gasteiger partial charge in [0, 0.05) is 43.5 Å². The first-order chi connectivity index (χ1) is 17.6.